The molecule has 2 aromatic carbocycles. The number of hydrogen-bond donors (Lipinski definition) is 2. The van der Waals surface area contributed by atoms with Gasteiger partial charge in [0.15, 0.2) is 0 Å². The average molecular weight is 355 g/mol. The van der Waals surface area contributed by atoms with Gasteiger partial charge in [-0.05, 0) is 74.6 Å². The van der Waals surface area contributed by atoms with Gasteiger partial charge in [0, 0.05) is 0 Å². The fourth-order valence-corrected chi connectivity index (χ4v) is 3.63. The zero-order chi connectivity index (χ0) is 19.1. The summed E-state index contributed by atoms with van der Waals surface area (Å²) in [5.41, 5.74) is 6.49. The molecule has 0 bridgehead atoms. The fourth-order valence-electron chi connectivity index (χ4n) is 3.63. The van der Waals surface area contributed by atoms with E-state index in [1.165, 1.54) is 11.1 Å². The highest BCUT2D eigenvalue weighted by atomic mass is 16.3. The average Bonchev–Trinajstić information content (AvgIpc) is 2.61. The first-order valence-corrected chi connectivity index (χ1v) is 10.1. The predicted octanol–water partition coefficient (Wildman–Crippen LogP) is 6.19. The van der Waals surface area contributed by atoms with E-state index in [4.69, 9.17) is 0 Å². The Morgan fingerprint density at radius 3 is 1.19 bits per heavy atom. The minimum absolute atomic E-state index is 0.447. The van der Waals surface area contributed by atoms with Crippen LogP contribution in [0, 0.1) is 13.8 Å². The second kappa shape index (κ2) is 9.66. The third-order valence-electron chi connectivity index (χ3n) is 5.09. The molecule has 26 heavy (non-hydrogen) atoms. The Morgan fingerprint density at radius 2 is 0.885 bits per heavy atom. The van der Waals surface area contributed by atoms with Gasteiger partial charge in [0.2, 0.25) is 0 Å². The third kappa shape index (κ3) is 5.27. The Labute approximate surface area is 158 Å². The van der Waals surface area contributed by atoms with Gasteiger partial charge in [-0.15, -0.1) is 0 Å². The Balaban J connectivity index is 2.21. The first kappa shape index (κ1) is 20.4. The number of unbranched alkanes of at least 4 members (excludes halogenated alkanes) is 2. The maximum atomic E-state index is 10.7. The van der Waals surface area contributed by atoms with Crippen molar-refractivity contribution in [2.75, 3.05) is 0 Å². The van der Waals surface area contributed by atoms with Crippen LogP contribution in [-0.4, -0.2) is 10.2 Å². The standard InChI is InChI=1S/C24H34O2/c1-5-7-9-19-13-17(3)15-21(23(19)25)11-12-22-16-18(4)14-20(24(22)26)10-8-6-2/h13-16,25-26H,5-12H2,1-4H3. The van der Waals surface area contributed by atoms with Crippen molar-refractivity contribution in [2.24, 2.45) is 0 Å². The van der Waals surface area contributed by atoms with Crippen molar-refractivity contribution in [3.05, 3.63) is 57.6 Å². The summed E-state index contributed by atoms with van der Waals surface area (Å²) in [7, 11) is 0. The monoisotopic (exact) mass is 354 g/mol. The maximum absolute atomic E-state index is 10.7. The first-order chi connectivity index (χ1) is 12.5. The normalized spacial score (nSPS) is 11.1. The molecule has 0 aliphatic carbocycles. The van der Waals surface area contributed by atoms with Crippen LogP contribution in [0.1, 0.15) is 72.9 Å². The lowest BCUT2D eigenvalue weighted by Gasteiger charge is -2.14. The minimum Gasteiger partial charge on any atom is -0.507 e. The van der Waals surface area contributed by atoms with E-state index in [2.05, 4.69) is 52.0 Å². The first-order valence-electron chi connectivity index (χ1n) is 10.1. The molecule has 0 heterocycles. The van der Waals surface area contributed by atoms with E-state index in [0.717, 1.165) is 73.6 Å². The van der Waals surface area contributed by atoms with Gasteiger partial charge >= 0.3 is 0 Å². The SMILES string of the molecule is CCCCc1cc(C)cc(CCc2cc(C)cc(CCCC)c2O)c1O. The van der Waals surface area contributed by atoms with Crippen molar-refractivity contribution >= 4 is 0 Å². The Kier molecular flexibility index (Phi) is 7.56. The van der Waals surface area contributed by atoms with Gasteiger partial charge in [0.05, 0.1) is 0 Å². The van der Waals surface area contributed by atoms with Crippen LogP contribution >= 0.6 is 0 Å². The highest BCUT2D eigenvalue weighted by Gasteiger charge is 2.12. The summed E-state index contributed by atoms with van der Waals surface area (Å²) in [5.74, 6) is 0.893. The molecular weight excluding hydrogens is 320 g/mol. The molecule has 2 aromatic rings. The number of benzene rings is 2. The molecule has 0 fully saturated rings. The molecule has 0 aliphatic rings. The van der Waals surface area contributed by atoms with Crippen LogP contribution in [0.3, 0.4) is 0 Å². The summed E-state index contributed by atoms with van der Waals surface area (Å²) in [5, 5.41) is 21.3. The van der Waals surface area contributed by atoms with Crippen molar-refractivity contribution < 1.29 is 10.2 Å². The van der Waals surface area contributed by atoms with Crippen LogP contribution in [-0.2, 0) is 25.7 Å². The molecule has 0 aromatic heterocycles. The molecule has 2 N–H and O–H groups in total. The summed E-state index contributed by atoms with van der Waals surface area (Å²) >= 11 is 0. The highest BCUT2D eigenvalue weighted by Crippen LogP contribution is 2.31. The molecule has 0 saturated carbocycles. The second-order valence-corrected chi connectivity index (χ2v) is 7.57. The lowest BCUT2D eigenvalue weighted by molar-refractivity contribution is 0.453. The Hall–Kier alpha value is -1.96. The van der Waals surface area contributed by atoms with Crippen LogP contribution in [0.15, 0.2) is 24.3 Å². The maximum Gasteiger partial charge on any atom is 0.121 e. The summed E-state index contributed by atoms with van der Waals surface area (Å²) in [4.78, 5) is 0. The second-order valence-electron chi connectivity index (χ2n) is 7.57. The van der Waals surface area contributed by atoms with E-state index in [-0.39, 0.29) is 0 Å². The van der Waals surface area contributed by atoms with E-state index in [0.29, 0.717) is 11.5 Å². The van der Waals surface area contributed by atoms with Crippen molar-refractivity contribution in [1.82, 2.24) is 0 Å². The number of hydrogen-bond acceptors (Lipinski definition) is 2. The molecule has 0 aliphatic heterocycles. The summed E-state index contributed by atoms with van der Waals surface area (Å²) in [6.45, 7) is 8.52. The zero-order valence-electron chi connectivity index (χ0n) is 16.9. The van der Waals surface area contributed by atoms with Crippen LogP contribution in [0.2, 0.25) is 0 Å². The summed E-state index contributed by atoms with van der Waals surface area (Å²) in [6.07, 6.45) is 7.78. The predicted molar refractivity (Wildman–Crippen MR) is 110 cm³/mol. The van der Waals surface area contributed by atoms with E-state index in [9.17, 15) is 10.2 Å². The molecule has 0 radical (unpaired) electrons. The van der Waals surface area contributed by atoms with Crippen molar-refractivity contribution in [3.8, 4) is 11.5 Å². The van der Waals surface area contributed by atoms with Crippen LogP contribution in [0.5, 0.6) is 11.5 Å². The van der Waals surface area contributed by atoms with Crippen LogP contribution < -0.4 is 0 Å². The number of phenolic OH excluding ortho intramolecular Hbond substituents is 2. The van der Waals surface area contributed by atoms with Gasteiger partial charge in [-0.2, -0.15) is 0 Å². The third-order valence-corrected chi connectivity index (χ3v) is 5.09. The molecule has 0 amide bonds. The zero-order valence-corrected chi connectivity index (χ0v) is 16.9. The quantitative estimate of drug-likeness (QED) is 0.564. The minimum atomic E-state index is 0.447. The number of aromatic hydroxyl groups is 2. The lowest BCUT2D eigenvalue weighted by atomic mass is 9.94. The molecular formula is C24H34O2. The number of rotatable bonds is 9. The van der Waals surface area contributed by atoms with E-state index >= 15 is 0 Å². The fraction of sp³-hybridized carbons (Fsp3) is 0.500. The van der Waals surface area contributed by atoms with Crippen molar-refractivity contribution in [3.63, 3.8) is 0 Å². The summed E-state index contributed by atoms with van der Waals surface area (Å²) in [6, 6.07) is 8.36. The van der Waals surface area contributed by atoms with Gasteiger partial charge in [0.1, 0.15) is 11.5 Å². The highest BCUT2D eigenvalue weighted by molar-refractivity contribution is 5.46. The molecule has 0 atom stereocenters. The lowest BCUT2D eigenvalue weighted by Crippen LogP contribution is -1.99. The molecule has 0 unspecified atom stereocenters. The van der Waals surface area contributed by atoms with Crippen molar-refractivity contribution in [1.29, 1.82) is 0 Å². The van der Waals surface area contributed by atoms with E-state index in [1.807, 2.05) is 0 Å². The molecule has 2 nitrogen and oxygen atoms in total. The van der Waals surface area contributed by atoms with Gasteiger partial charge in [0.25, 0.3) is 0 Å². The van der Waals surface area contributed by atoms with Gasteiger partial charge < -0.3 is 10.2 Å². The Bertz CT molecular complexity index is 668. The molecule has 2 heteroatoms. The molecule has 0 saturated heterocycles. The van der Waals surface area contributed by atoms with Gasteiger partial charge in [-0.3, -0.25) is 0 Å². The van der Waals surface area contributed by atoms with Crippen LogP contribution in [0.4, 0.5) is 0 Å². The Morgan fingerprint density at radius 1 is 0.577 bits per heavy atom. The van der Waals surface area contributed by atoms with E-state index in [1.54, 1.807) is 0 Å². The molecule has 2 rings (SSSR count). The van der Waals surface area contributed by atoms with Crippen molar-refractivity contribution in [2.45, 2.75) is 79.1 Å². The smallest absolute Gasteiger partial charge is 0.121 e. The molecule has 142 valence electrons. The summed E-state index contributed by atoms with van der Waals surface area (Å²) < 4.78 is 0. The number of phenols is 2. The van der Waals surface area contributed by atoms with E-state index < -0.39 is 0 Å². The van der Waals surface area contributed by atoms with Crippen LogP contribution in [0.25, 0.3) is 0 Å². The number of aryl methyl sites for hydroxylation is 6. The van der Waals surface area contributed by atoms with Gasteiger partial charge in [-0.1, -0.05) is 62.1 Å². The topological polar surface area (TPSA) is 40.5 Å². The largest absolute Gasteiger partial charge is 0.507 e. The van der Waals surface area contributed by atoms with Gasteiger partial charge in [-0.25, -0.2) is 0 Å². The molecule has 0 spiro atoms.